The van der Waals surface area contributed by atoms with Crippen molar-refractivity contribution in [3.8, 4) is 0 Å². The molecule has 0 radical (unpaired) electrons. The highest BCUT2D eigenvalue weighted by Crippen LogP contribution is 2.43. The van der Waals surface area contributed by atoms with E-state index >= 15 is 0 Å². The molecule has 1 atom stereocenters. The lowest BCUT2D eigenvalue weighted by molar-refractivity contribution is -0.139. The van der Waals surface area contributed by atoms with Crippen molar-refractivity contribution in [3.05, 3.63) is 48.0 Å². The number of benzene rings is 1. The fourth-order valence-electron chi connectivity index (χ4n) is 2.90. The average Bonchev–Trinajstić information content (AvgIpc) is 2.51. The third-order valence-corrected chi connectivity index (χ3v) is 10.9. The smallest absolute Gasteiger partial charge is 0.330 e. The summed E-state index contributed by atoms with van der Waals surface area (Å²) in [5.41, 5.74) is 0.970. The first-order valence-corrected chi connectivity index (χ1v) is 11.8. The second kappa shape index (κ2) is 7.56. The molecule has 0 bridgehead atoms. The summed E-state index contributed by atoms with van der Waals surface area (Å²) < 4.78 is 7.34. The van der Waals surface area contributed by atoms with Gasteiger partial charge in [-0.25, -0.2) is 4.79 Å². The SMILES string of the molecule is CC(C)(C)[Si](C)(C)N1C(=O)C[C@H]1CC=CC(=O)OCc1ccccc1. The van der Waals surface area contributed by atoms with Crippen LogP contribution in [0, 0.1) is 0 Å². The molecule has 1 aromatic carbocycles. The maximum atomic E-state index is 12.1. The van der Waals surface area contributed by atoms with E-state index in [0.29, 0.717) is 12.8 Å². The number of nitrogens with zero attached hydrogens (tertiary/aromatic N) is 1. The van der Waals surface area contributed by atoms with Crippen molar-refractivity contribution in [1.82, 2.24) is 4.57 Å². The average molecular weight is 360 g/mol. The summed E-state index contributed by atoms with van der Waals surface area (Å²) in [5, 5.41) is 0.125. The molecule has 1 fully saturated rings. The van der Waals surface area contributed by atoms with E-state index in [1.807, 2.05) is 36.4 Å². The van der Waals surface area contributed by atoms with Crippen LogP contribution in [0.15, 0.2) is 42.5 Å². The van der Waals surface area contributed by atoms with E-state index in [4.69, 9.17) is 4.74 Å². The predicted octanol–water partition coefficient (Wildman–Crippen LogP) is 4.28. The first-order valence-electron chi connectivity index (χ1n) is 8.82. The van der Waals surface area contributed by atoms with E-state index in [1.54, 1.807) is 0 Å². The van der Waals surface area contributed by atoms with Crippen LogP contribution in [0.1, 0.15) is 39.2 Å². The summed E-state index contributed by atoms with van der Waals surface area (Å²) >= 11 is 0. The fraction of sp³-hybridized carbons (Fsp3) is 0.500. The summed E-state index contributed by atoms with van der Waals surface area (Å²) in [7, 11) is -1.85. The number of ether oxygens (including phenoxy) is 1. The monoisotopic (exact) mass is 359 g/mol. The second-order valence-electron chi connectivity index (χ2n) is 8.16. The van der Waals surface area contributed by atoms with Gasteiger partial charge in [0.15, 0.2) is 8.24 Å². The normalized spacial score (nSPS) is 18.4. The minimum Gasteiger partial charge on any atom is -0.458 e. The van der Waals surface area contributed by atoms with Gasteiger partial charge in [-0.15, -0.1) is 0 Å². The molecular formula is C20H29NO3Si. The first-order chi connectivity index (χ1) is 11.6. The van der Waals surface area contributed by atoms with Gasteiger partial charge >= 0.3 is 5.97 Å². The van der Waals surface area contributed by atoms with E-state index in [0.717, 1.165) is 5.56 Å². The lowest BCUT2D eigenvalue weighted by atomic mass is 10.0. The van der Waals surface area contributed by atoms with E-state index in [-0.39, 0.29) is 29.6 Å². The summed E-state index contributed by atoms with van der Waals surface area (Å²) in [6.07, 6.45) is 4.61. The zero-order valence-electron chi connectivity index (χ0n) is 15.9. The van der Waals surface area contributed by atoms with Crippen LogP contribution < -0.4 is 0 Å². The Morgan fingerprint density at radius 1 is 1.28 bits per heavy atom. The van der Waals surface area contributed by atoms with Crippen LogP contribution in [-0.2, 0) is 20.9 Å². The molecule has 0 spiro atoms. The Kier molecular flexibility index (Phi) is 5.88. The summed E-state index contributed by atoms with van der Waals surface area (Å²) in [4.78, 5) is 24.0. The molecule has 0 aliphatic carbocycles. The Balaban J connectivity index is 1.85. The highest BCUT2D eigenvalue weighted by Gasteiger charge is 2.51. The Labute approximate surface area is 152 Å². The molecule has 0 aromatic heterocycles. The van der Waals surface area contributed by atoms with E-state index < -0.39 is 8.24 Å². The van der Waals surface area contributed by atoms with Gasteiger partial charge in [-0.05, 0) is 17.0 Å². The first kappa shape index (κ1) is 19.4. The molecule has 1 amide bonds. The molecule has 0 saturated carbocycles. The van der Waals surface area contributed by atoms with Crippen molar-refractivity contribution in [2.75, 3.05) is 0 Å². The number of amides is 1. The van der Waals surface area contributed by atoms with Gasteiger partial charge in [0, 0.05) is 18.5 Å². The number of hydrogen-bond donors (Lipinski definition) is 0. The number of esters is 1. The Hall–Kier alpha value is -1.88. The number of β-lactam (4-membered cyclic amide) rings is 1. The highest BCUT2D eigenvalue weighted by molar-refractivity contribution is 6.79. The van der Waals surface area contributed by atoms with Crippen LogP contribution in [0.3, 0.4) is 0 Å². The Morgan fingerprint density at radius 3 is 2.48 bits per heavy atom. The maximum absolute atomic E-state index is 12.1. The molecule has 2 rings (SSSR count). The molecule has 1 aliphatic heterocycles. The van der Waals surface area contributed by atoms with Crippen LogP contribution in [0.5, 0.6) is 0 Å². The molecule has 5 heteroatoms. The Bertz CT molecular complexity index is 647. The van der Waals surface area contributed by atoms with E-state index in [2.05, 4.69) is 38.4 Å². The van der Waals surface area contributed by atoms with Crippen molar-refractivity contribution in [1.29, 1.82) is 0 Å². The molecule has 1 aromatic rings. The second-order valence-corrected chi connectivity index (χ2v) is 13.3. The van der Waals surface area contributed by atoms with Gasteiger partial charge in [-0.1, -0.05) is 70.3 Å². The largest absolute Gasteiger partial charge is 0.458 e. The highest BCUT2D eigenvalue weighted by atomic mass is 28.3. The summed E-state index contributed by atoms with van der Waals surface area (Å²) in [6, 6.07) is 9.83. The standard InChI is InChI=1S/C20H29NO3Si/c1-20(2,3)25(4,5)21-17(14-18(21)22)12-9-13-19(23)24-15-16-10-7-6-8-11-16/h6-11,13,17H,12,14-15H2,1-5H3/t17-/m1/s1. The zero-order chi connectivity index (χ0) is 18.7. The number of carbonyl (C=O) groups excluding carboxylic acids is 2. The third-order valence-electron chi connectivity index (χ3n) is 5.37. The summed E-state index contributed by atoms with van der Waals surface area (Å²) in [5.74, 6) is -0.0926. The van der Waals surface area contributed by atoms with Crippen LogP contribution >= 0.6 is 0 Å². The van der Waals surface area contributed by atoms with Crippen molar-refractivity contribution >= 4 is 20.1 Å². The van der Waals surface area contributed by atoms with Gasteiger partial charge in [0.2, 0.25) is 5.91 Å². The van der Waals surface area contributed by atoms with Gasteiger partial charge in [0.25, 0.3) is 0 Å². The van der Waals surface area contributed by atoms with Gasteiger partial charge in [0.05, 0.1) is 0 Å². The molecule has 0 unspecified atom stereocenters. The third kappa shape index (κ3) is 4.60. The van der Waals surface area contributed by atoms with E-state index in [9.17, 15) is 9.59 Å². The van der Waals surface area contributed by atoms with Gasteiger partial charge in [-0.2, -0.15) is 0 Å². The van der Waals surface area contributed by atoms with Crippen molar-refractivity contribution < 1.29 is 14.3 Å². The van der Waals surface area contributed by atoms with Crippen molar-refractivity contribution in [2.45, 2.75) is 64.4 Å². The molecule has 4 nitrogen and oxygen atoms in total. The molecule has 25 heavy (non-hydrogen) atoms. The molecule has 1 aliphatic rings. The predicted molar refractivity (Wildman–Crippen MR) is 102 cm³/mol. The molecule has 136 valence electrons. The van der Waals surface area contributed by atoms with Crippen molar-refractivity contribution in [3.63, 3.8) is 0 Å². The zero-order valence-corrected chi connectivity index (χ0v) is 16.9. The van der Waals surface area contributed by atoms with E-state index in [1.165, 1.54) is 6.08 Å². The minimum atomic E-state index is -1.85. The maximum Gasteiger partial charge on any atom is 0.330 e. The Morgan fingerprint density at radius 2 is 1.92 bits per heavy atom. The topological polar surface area (TPSA) is 46.6 Å². The number of carbonyl (C=O) groups is 2. The fourth-order valence-corrected chi connectivity index (χ4v) is 5.45. The molecular weight excluding hydrogens is 330 g/mol. The van der Waals surface area contributed by atoms with Crippen LogP contribution in [-0.4, -0.2) is 30.7 Å². The lowest BCUT2D eigenvalue weighted by Crippen LogP contribution is -2.67. The lowest BCUT2D eigenvalue weighted by Gasteiger charge is -2.55. The summed E-state index contributed by atoms with van der Waals surface area (Å²) in [6.45, 7) is 11.4. The van der Waals surface area contributed by atoms with Gasteiger partial charge in [0.1, 0.15) is 6.61 Å². The molecule has 1 heterocycles. The van der Waals surface area contributed by atoms with Crippen molar-refractivity contribution in [2.24, 2.45) is 0 Å². The number of hydrogen-bond acceptors (Lipinski definition) is 3. The minimum absolute atomic E-state index is 0.125. The number of rotatable bonds is 6. The molecule has 0 N–H and O–H groups in total. The quantitative estimate of drug-likeness (QED) is 0.330. The molecule has 1 saturated heterocycles. The van der Waals surface area contributed by atoms with Gasteiger partial charge in [-0.3, -0.25) is 4.79 Å². The van der Waals surface area contributed by atoms with Crippen LogP contribution in [0.4, 0.5) is 0 Å². The van der Waals surface area contributed by atoms with Gasteiger partial charge < -0.3 is 9.30 Å². The van der Waals surface area contributed by atoms with Crippen LogP contribution in [0.25, 0.3) is 0 Å². The van der Waals surface area contributed by atoms with Crippen LogP contribution in [0.2, 0.25) is 18.1 Å².